The Labute approximate surface area is 233 Å². The van der Waals surface area contributed by atoms with Gasteiger partial charge >= 0.3 is 234 Å². The molecule has 8 rings (SSSR count). The minimum absolute atomic E-state index is 0.633. The number of hydrogen-bond acceptors (Lipinski definition) is 4. The number of rotatable bonds is 4. The van der Waals surface area contributed by atoms with Gasteiger partial charge in [0.2, 0.25) is 0 Å². The van der Waals surface area contributed by atoms with Gasteiger partial charge in [0.25, 0.3) is 0 Å². The molecular weight excluding hydrogens is 557 g/mol. The van der Waals surface area contributed by atoms with E-state index in [1.807, 2.05) is 97.2 Å². The van der Waals surface area contributed by atoms with E-state index in [2.05, 4.69) is 39.9 Å². The van der Waals surface area contributed by atoms with Crippen molar-refractivity contribution >= 4 is 48.6 Å². The number of para-hydroxylation sites is 1. The molecule has 0 N–H and O–H groups in total. The summed E-state index contributed by atoms with van der Waals surface area (Å²) >= 11 is -3.97. The van der Waals surface area contributed by atoms with Crippen molar-refractivity contribution < 1.29 is 8.48 Å². The van der Waals surface area contributed by atoms with Crippen LogP contribution in [0, 0.1) is 0 Å². The van der Waals surface area contributed by atoms with Crippen molar-refractivity contribution in [3.05, 3.63) is 134 Å². The van der Waals surface area contributed by atoms with Gasteiger partial charge in [-0.1, -0.05) is 0 Å². The molecule has 40 heavy (non-hydrogen) atoms. The Balaban J connectivity index is 1.21. The summed E-state index contributed by atoms with van der Waals surface area (Å²) < 4.78 is 25.8. The number of nitrogens with zero attached hydrogens (tertiary/aromatic N) is 3. The van der Waals surface area contributed by atoms with Gasteiger partial charge in [-0.3, -0.25) is 0 Å². The first-order valence-corrected chi connectivity index (χ1v) is 16.7. The van der Waals surface area contributed by atoms with Crippen LogP contribution >= 0.6 is 0 Å². The number of hydrogen-bond donors (Lipinski definition) is 0. The molecule has 4 aromatic carbocycles. The number of fused-ring (bicyclic) bond motifs is 6. The van der Waals surface area contributed by atoms with Gasteiger partial charge in [0.15, 0.2) is 0 Å². The molecule has 1 aliphatic rings. The van der Waals surface area contributed by atoms with E-state index in [4.69, 9.17) is 9.72 Å². The summed E-state index contributed by atoms with van der Waals surface area (Å²) in [6, 6.07) is 39.9. The molecule has 1 unspecified atom stereocenters. The van der Waals surface area contributed by atoms with Gasteiger partial charge in [0.05, 0.1) is 0 Å². The molecule has 0 bridgehead atoms. The molecule has 0 radical (unpaired) electrons. The normalized spacial score (nSPS) is 15.7. The van der Waals surface area contributed by atoms with Crippen LogP contribution in [0.4, 0.5) is 0 Å². The summed E-state index contributed by atoms with van der Waals surface area (Å²) in [6.45, 7) is 0. The van der Waals surface area contributed by atoms with Crippen molar-refractivity contribution in [2.45, 2.75) is 0 Å². The molecule has 0 aliphatic carbocycles. The molecule has 4 heterocycles. The van der Waals surface area contributed by atoms with E-state index >= 15 is 0 Å². The van der Waals surface area contributed by atoms with Gasteiger partial charge in [-0.05, 0) is 0 Å². The van der Waals surface area contributed by atoms with Crippen LogP contribution in [-0.2, 0) is 3.74 Å². The topological polar surface area (TPSA) is 57.0 Å². The third kappa shape index (κ3) is 3.35. The molecule has 5 nitrogen and oxygen atoms in total. The molecule has 0 fully saturated rings. The first-order chi connectivity index (χ1) is 19.7. The maximum atomic E-state index is 14.9. The molecule has 6 heteroatoms. The number of aromatic nitrogens is 3. The first kappa shape index (κ1) is 23.1. The van der Waals surface area contributed by atoms with E-state index in [0.29, 0.717) is 16.0 Å². The van der Waals surface area contributed by atoms with Gasteiger partial charge < -0.3 is 0 Å². The Kier molecular flexibility index (Phi) is 5.09. The van der Waals surface area contributed by atoms with E-state index < -0.39 is 13.5 Å². The van der Waals surface area contributed by atoms with Crippen LogP contribution in [0.1, 0.15) is 0 Å². The van der Waals surface area contributed by atoms with Crippen molar-refractivity contribution in [3.8, 4) is 28.3 Å². The van der Waals surface area contributed by atoms with Gasteiger partial charge in [0, 0.05) is 0 Å². The number of ether oxygens (including phenoxy) is 1. The van der Waals surface area contributed by atoms with E-state index in [1.165, 1.54) is 0 Å². The maximum absolute atomic E-state index is 14.9. The Bertz CT molecular complexity index is 2050. The quantitative estimate of drug-likeness (QED) is 0.250. The molecule has 1 aliphatic heterocycles. The third-order valence-electron chi connectivity index (χ3n) is 7.54. The molecule has 0 spiro atoms. The zero-order valence-electron chi connectivity index (χ0n) is 21.3. The molecular formula is C34H22AsN3O2. The van der Waals surface area contributed by atoms with Crippen LogP contribution in [0.15, 0.2) is 134 Å². The summed E-state index contributed by atoms with van der Waals surface area (Å²) in [5.74, 6) is 1.32. The molecule has 7 aromatic rings. The summed E-state index contributed by atoms with van der Waals surface area (Å²) in [5.41, 5.74) is 4.90. The van der Waals surface area contributed by atoms with Crippen molar-refractivity contribution in [1.29, 1.82) is 0 Å². The van der Waals surface area contributed by atoms with Crippen LogP contribution in [0.25, 0.3) is 38.8 Å². The molecule has 1 atom stereocenters. The molecule has 190 valence electrons. The van der Waals surface area contributed by atoms with E-state index in [0.717, 1.165) is 47.5 Å². The number of benzene rings is 4. The summed E-state index contributed by atoms with van der Waals surface area (Å²) in [7, 11) is 0. The molecule has 0 amide bonds. The van der Waals surface area contributed by atoms with Gasteiger partial charge in [-0.25, -0.2) is 0 Å². The van der Waals surface area contributed by atoms with Gasteiger partial charge in [-0.15, -0.1) is 0 Å². The second-order valence-corrected chi connectivity index (χ2v) is 15.4. The van der Waals surface area contributed by atoms with E-state index in [-0.39, 0.29) is 0 Å². The fourth-order valence-electron chi connectivity index (χ4n) is 5.83. The SMILES string of the molecule is O=[As]1(c2cccc(Oc3cccc(-n4c5ccccc5c5cccnc54)c3)c2)c2ccccc2-c2cccnc21. The van der Waals surface area contributed by atoms with Gasteiger partial charge in [0.1, 0.15) is 0 Å². The zero-order valence-corrected chi connectivity index (χ0v) is 23.2. The van der Waals surface area contributed by atoms with Crippen molar-refractivity contribution in [2.75, 3.05) is 0 Å². The fraction of sp³-hybridized carbons (Fsp3) is 0. The molecule has 3 aromatic heterocycles. The Morgan fingerprint density at radius 3 is 2.30 bits per heavy atom. The van der Waals surface area contributed by atoms with Crippen molar-refractivity contribution in [3.63, 3.8) is 0 Å². The second-order valence-electron chi connectivity index (χ2n) is 9.82. The van der Waals surface area contributed by atoms with Crippen LogP contribution in [-0.4, -0.2) is 28.0 Å². The fourth-order valence-corrected chi connectivity index (χ4v) is 12.0. The van der Waals surface area contributed by atoms with Gasteiger partial charge in [-0.2, -0.15) is 0 Å². The summed E-state index contributed by atoms with van der Waals surface area (Å²) in [5, 5.41) is 2.26. The minimum atomic E-state index is -3.97. The van der Waals surface area contributed by atoms with Crippen LogP contribution in [0.3, 0.4) is 0 Å². The average Bonchev–Trinajstić information content (AvgIpc) is 3.49. The molecule has 0 saturated heterocycles. The summed E-state index contributed by atoms with van der Waals surface area (Å²) in [6.07, 6.45) is 3.55. The third-order valence-corrected chi connectivity index (χ3v) is 13.9. The van der Waals surface area contributed by atoms with Crippen LogP contribution in [0.2, 0.25) is 0 Å². The zero-order chi connectivity index (χ0) is 26.7. The predicted molar refractivity (Wildman–Crippen MR) is 160 cm³/mol. The van der Waals surface area contributed by atoms with Crippen LogP contribution in [0.5, 0.6) is 11.5 Å². The molecule has 0 saturated carbocycles. The Morgan fingerprint density at radius 1 is 0.625 bits per heavy atom. The first-order valence-electron chi connectivity index (χ1n) is 13.1. The average molecular weight is 579 g/mol. The van der Waals surface area contributed by atoms with Crippen molar-refractivity contribution in [2.24, 2.45) is 0 Å². The van der Waals surface area contributed by atoms with Crippen LogP contribution < -0.4 is 17.9 Å². The predicted octanol–water partition coefficient (Wildman–Crippen LogP) is 5.74. The standard InChI is InChI=1S/C34H22AsN3O2/c39-35(31-17-3-1-13-27(31)29-15-7-19-36-33(29)35)23-9-5-11-25(21-23)40-26-12-6-10-24(22-26)38-32-18-4-2-14-28(32)30-16-8-20-37-34(30)38/h1-22H. The van der Waals surface area contributed by atoms with E-state index in [9.17, 15) is 3.74 Å². The second kappa shape index (κ2) is 8.84. The monoisotopic (exact) mass is 579 g/mol. The Hall–Kier alpha value is -4.86. The van der Waals surface area contributed by atoms with Crippen molar-refractivity contribution in [1.82, 2.24) is 14.5 Å². The number of pyridine rings is 2. The Morgan fingerprint density at radius 2 is 1.35 bits per heavy atom. The summed E-state index contributed by atoms with van der Waals surface area (Å²) in [4.78, 5) is 9.32. The van der Waals surface area contributed by atoms with E-state index in [1.54, 1.807) is 6.20 Å².